The molecule has 3 aromatic carbocycles. The van der Waals surface area contributed by atoms with Crippen molar-refractivity contribution >= 4 is 26.8 Å². The minimum atomic E-state index is -4.33. The molecule has 2 aliphatic carbocycles. The number of fused-ring (bicyclic) bond motifs is 2. The van der Waals surface area contributed by atoms with Crippen molar-refractivity contribution in [3.05, 3.63) is 89.5 Å². The molecule has 4 nitrogen and oxygen atoms in total. The molecule has 0 saturated heterocycles. The van der Waals surface area contributed by atoms with Gasteiger partial charge in [-0.25, -0.2) is 8.42 Å². The summed E-state index contributed by atoms with van der Waals surface area (Å²) < 4.78 is 32.7. The molecule has 2 unspecified atom stereocenters. The monoisotopic (exact) mass is 662 g/mol. The Morgan fingerprint density at radius 1 is 0.674 bits per heavy atom. The molecule has 0 amide bonds. The molecule has 0 heterocycles. The largest absolute Gasteiger partial charge is 0.748 e. The fraction of sp³-hybridized carbons (Fsp3) is 0.525. The molecular formula is C40H54O4S2. The van der Waals surface area contributed by atoms with Crippen LogP contribution < -0.4 is 0 Å². The lowest BCUT2D eigenvalue weighted by atomic mass is 9.70. The van der Waals surface area contributed by atoms with Crippen LogP contribution in [0.4, 0.5) is 0 Å². The molecule has 0 aliphatic heterocycles. The average molecular weight is 663 g/mol. The summed E-state index contributed by atoms with van der Waals surface area (Å²) in [7, 11) is -4.45. The Labute approximate surface area is 281 Å². The molecule has 2 aliphatic rings. The maximum absolute atomic E-state index is 11.8. The zero-order valence-electron chi connectivity index (χ0n) is 29.8. The maximum Gasteiger partial charge on any atom is 0.166 e. The summed E-state index contributed by atoms with van der Waals surface area (Å²) in [4.78, 5) is 16.0. The molecule has 0 aromatic heterocycles. The van der Waals surface area contributed by atoms with Crippen LogP contribution in [0.3, 0.4) is 0 Å². The van der Waals surface area contributed by atoms with Gasteiger partial charge in [-0.05, 0) is 93.5 Å². The maximum atomic E-state index is 11.8. The first-order chi connectivity index (χ1) is 21.0. The third kappa shape index (κ3) is 7.66. The van der Waals surface area contributed by atoms with Crippen molar-refractivity contribution in [2.45, 2.75) is 126 Å². The molecule has 0 N–H and O–H groups in total. The molecule has 6 heteroatoms. The Balaban J connectivity index is 0.000000266. The van der Waals surface area contributed by atoms with Crippen LogP contribution in [-0.2, 0) is 42.1 Å². The first-order valence-corrected chi connectivity index (χ1v) is 19.3. The molecule has 2 saturated carbocycles. The number of Topliss-reactive ketones (excluding diaryl/α,β-unsaturated/α-hetero) is 1. The summed E-state index contributed by atoms with van der Waals surface area (Å²) in [6.07, 6.45) is 1.88. The fourth-order valence-electron chi connectivity index (χ4n) is 7.09. The molecule has 3 aromatic rings. The number of benzene rings is 3. The number of carbonyl (C=O) groups is 1. The molecule has 2 atom stereocenters. The van der Waals surface area contributed by atoms with Crippen LogP contribution in [0, 0.1) is 16.7 Å². The van der Waals surface area contributed by atoms with Gasteiger partial charge in [0.1, 0.15) is 5.78 Å². The predicted molar refractivity (Wildman–Crippen MR) is 191 cm³/mol. The van der Waals surface area contributed by atoms with Gasteiger partial charge in [0.05, 0.1) is 26.8 Å². The van der Waals surface area contributed by atoms with Gasteiger partial charge in [0.25, 0.3) is 0 Å². The van der Waals surface area contributed by atoms with Gasteiger partial charge in [-0.3, -0.25) is 4.79 Å². The van der Waals surface area contributed by atoms with Crippen LogP contribution in [0.1, 0.15) is 112 Å². The van der Waals surface area contributed by atoms with Gasteiger partial charge in [0, 0.05) is 11.8 Å². The van der Waals surface area contributed by atoms with E-state index in [1.165, 1.54) is 31.4 Å². The third-order valence-electron chi connectivity index (χ3n) is 10.4. The molecule has 250 valence electrons. The van der Waals surface area contributed by atoms with Gasteiger partial charge >= 0.3 is 0 Å². The zero-order valence-corrected chi connectivity index (χ0v) is 31.4. The lowest BCUT2D eigenvalue weighted by Crippen LogP contribution is -2.42. The first kappa shape index (κ1) is 36.4. The van der Waals surface area contributed by atoms with E-state index < -0.39 is 21.3 Å². The summed E-state index contributed by atoms with van der Waals surface area (Å²) in [5.41, 5.74) is 3.42. The van der Waals surface area contributed by atoms with Gasteiger partial charge in [-0.2, -0.15) is 0 Å². The van der Waals surface area contributed by atoms with Crippen LogP contribution in [0.15, 0.2) is 87.5 Å². The highest BCUT2D eigenvalue weighted by molar-refractivity contribution is 7.97. The minimum Gasteiger partial charge on any atom is -0.748 e. The SMILES string of the molecule is CC(C)(C)c1ccc([S+](c2ccc(C(C)(C)C)cc2)c2ccc(C(C)(C)C)cc2)cc1.CC1(C)C2CCC1(CS(=O)(=O)[O-])C(=O)C2. The molecule has 46 heavy (non-hydrogen) atoms. The molecule has 2 bridgehead atoms. The Morgan fingerprint density at radius 2 is 1.00 bits per heavy atom. The number of hydrogen-bond donors (Lipinski definition) is 0. The lowest BCUT2D eigenvalue weighted by molar-refractivity contribution is -0.128. The number of rotatable bonds is 5. The summed E-state index contributed by atoms with van der Waals surface area (Å²) in [6.45, 7) is 24.3. The van der Waals surface area contributed by atoms with Crippen LogP contribution in [0.5, 0.6) is 0 Å². The van der Waals surface area contributed by atoms with Crippen LogP contribution in [0.25, 0.3) is 0 Å². The van der Waals surface area contributed by atoms with E-state index >= 15 is 0 Å². The van der Waals surface area contributed by atoms with Gasteiger partial charge in [0.15, 0.2) is 14.7 Å². The molecular weight excluding hydrogens is 609 g/mol. The first-order valence-electron chi connectivity index (χ1n) is 16.5. The molecule has 0 radical (unpaired) electrons. The van der Waals surface area contributed by atoms with E-state index in [1.54, 1.807) is 0 Å². The average Bonchev–Trinajstić information content (AvgIpc) is 3.26. The van der Waals surface area contributed by atoms with Crippen molar-refractivity contribution in [1.82, 2.24) is 0 Å². The van der Waals surface area contributed by atoms with E-state index in [4.69, 9.17) is 0 Å². The summed E-state index contributed by atoms with van der Waals surface area (Å²) in [5, 5.41) is 0. The van der Waals surface area contributed by atoms with Gasteiger partial charge < -0.3 is 4.55 Å². The van der Waals surface area contributed by atoms with Crippen molar-refractivity contribution in [3.8, 4) is 0 Å². The van der Waals surface area contributed by atoms with E-state index in [2.05, 4.69) is 135 Å². The number of ketones is 1. The lowest BCUT2D eigenvalue weighted by Gasteiger charge is -2.37. The second-order valence-electron chi connectivity index (χ2n) is 17.0. The summed E-state index contributed by atoms with van der Waals surface area (Å²) >= 11 is 0. The smallest absolute Gasteiger partial charge is 0.166 e. The van der Waals surface area contributed by atoms with Crippen molar-refractivity contribution in [2.24, 2.45) is 16.7 Å². The molecule has 0 spiro atoms. The Bertz CT molecular complexity index is 1490. The second kappa shape index (κ2) is 12.6. The van der Waals surface area contributed by atoms with E-state index in [0.717, 1.165) is 6.42 Å². The second-order valence-corrected chi connectivity index (χ2v) is 20.4. The standard InChI is InChI=1S/C30H39S.C10H16O4S/c1-28(2,3)22-10-16-25(17-11-22)31(26-18-12-23(13-19-26)29(4,5)6)27-20-14-24(15-21-27)30(7,8)9;1-9(2)7-3-4-10(9,8(11)5-7)6-15(12,13)14/h10-21H,1-9H3;7H,3-6H2,1-2H3,(H,12,13,14)/q+1;/p-1. The van der Waals surface area contributed by atoms with E-state index in [0.29, 0.717) is 12.8 Å². The topological polar surface area (TPSA) is 74.3 Å². The zero-order chi connectivity index (χ0) is 34.5. The van der Waals surface area contributed by atoms with Gasteiger partial charge in [-0.1, -0.05) is 113 Å². The summed E-state index contributed by atoms with van der Waals surface area (Å²) in [6, 6.07) is 27.8. The van der Waals surface area contributed by atoms with E-state index in [1.807, 2.05) is 13.8 Å². The minimum absolute atomic E-state index is 0.0248. The van der Waals surface area contributed by atoms with Crippen molar-refractivity contribution < 1.29 is 17.8 Å². The number of carbonyl (C=O) groups excluding carboxylic acids is 1. The van der Waals surface area contributed by atoms with E-state index in [-0.39, 0.29) is 44.3 Å². The van der Waals surface area contributed by atoms with Crippen LogP contribution in [-0.4, -0.2) is 24.5 Å². The number of hydrogen-bond acceptors (Lipinski definition) is 4. The third-order valence-corrected chi connectivity index (χ3v) is 13.5. The Kier molecular flexibility index (Phi) is 9.94. The van der Waals surface area contributed by atoms with Crippen LogP contribution in [0.2, 0.25) is 0 Å². The van der Waals surface area contributed by atoms with Crippen molar-refractivity contribution in [2.75, 3.05) is 5.75 Å². The highest BCUT2D eigenvalue weighted by Crippen LogP contribution is 2.64. The Morgan fingerprint density at radius 3 is 1.22 bits per heavy atom. The summed E-state index contributed by atoms with van der Waals surface area (Å²) in [5.74, 6) is -0.280. The molecule has 2 fully saturated rings. The highest BCUT2D eigenvalue weighted by Gasteiger charge is 2.64. The van der Waals surface area contributed by atoms with E-state index in [9.17, 15) is 17.8 Å². The molecule has 5 rings (SSSR count). The van der Waals surface area contributed by atoms with Gasteiger partial charge in [-0.15, -0.1) is 0 Å². The Hall–Kier alpha value is -2.41. The van der Waals surface area contributed by atoms with Crippen molar-refractivity contribution in [1.29, 1.82) is 0 Å². The fourth-order valence-corrected chi connectivity index (χ4v) is 10.4. The van der Waals surface area contributed by atoms with Crippen LogP contribution >= 0.6 is 0 Å². The highest BCUT2D eigenvalue weighted by atomic mass is 32.2. The normalized spacial score (nSPS) is 21.3. The predicted octanol–water partition coefficient (Wildman–Crippen LogP) is 9.60. The quantitative estimate of drug-likeness (QED) is 0.201. The van der Waals surface area contributed by atoms with Gasteiger partial charge in [0.2, 0.25) is 0 Å². The van der Waals surface area contributed by atoms with Crippen molar-refractivity contribution in [3.63, 3.8) is 0 Å².